The van der Waals surface area contributed by atoms with E-state index in [1.54, 1.807) is 13.1 Å². The number of hydrogen-bond donors (Lipinski definition) is 1. The second kappa shape index (κ2) is 4.24. The molecule has 0 rings (SSSR count). The fourth-order valence-corrected chi connectivity index (χ4v) is 0.241. The zero-order valence-corrected chi connectivity index (χ0v) is 5.18. The second-order valence-electron chi connectivity index (χ2n) is 1.44. The molecular weight excluding hydrogens is 100 g/mol. The van der Waals surface area contributed by atoms with Crippen LogP contribution in [0.5, 0.6) is 0 Å². The molecule has 0 aliphatic carbocycles. The molecule has 0 radical (unpaired) electrons. The Labute approximate surface area is 49.5 Å². The van der Waals surface area contributed by atoms with Crippen LogP contribution < -0.4 is 0 Å². The predicted octanol–water partition coefficient (Wildman–Crippen LogP) is 1.63. The van der Waals surface area contributed by atoms with Gasteiger partial charge in [0.1, 0.15) is 0 Å². The van der Waals surface area contributed by atoms with Gasteiger partial charge in [0.05, 0.1) is 0 Å². The third kappa shape index (κ3) is 5.08. The van der Waals surface area contributed by atoms with E-state index in [2.05, 4.69) is 4.99 Å². The summed E-state index contributed by atoms with van der Waals surface area (Å²) < 4.78 is 0. The van der Waals surface area contributed by atoms with Gasteiger partial charge >= 0.3 is 0 Å². The van der Waals surface area contributed by atoms with E-state index in [0.717, 1.165) is 0 Å². The smallest absolute Gasteiger partial charge is 0.0472 e. The first-order valence-corrected chi connectivity index (χ1v) is 2.47. The van der Waals surface area contributed by atoms with Crippen LogP contribution in [0.2, 0.25) is 0 Å². The Hall–Kier alpha value is -0.920. The summed E-state index contributed by atoms with van der Waals surface area (Å²) >= 11 is 0. The van der Waals surface area contributed by atoms with Crippen molar-refractivity contribution in [3.05, 3.63) is 12.3 Å². The molecule has 8 heavy (non-hydrogen) atoms. The summed E-state index contributed by atoms with van der Waals surface area (Å²) in [5, 5.41) is 6.89. The van der Waals surface area contributed by atoms with Gasteiger partial charge in [-0.15, -0.1) is 0 Å². The van der Waals surface area contributed by atoms with E-state index in [4.69, 9.17) is 5.41 Å². The quantitative estimate of drug-likeness (QED) is 0.524. The molecule has 0 aromatic rings. The van der Waals surface area contributed by atoms with E-state index in [-0.39, 0.29) is 0 Å². The SMILES string of the molecule is C/C=C\N=C/C(C)=N. The fraction of sp³-hybridized carbons (Fsp3) is 0.333. The van der Waals surface area contributed by atoms with E-state index in [1.807, 2.05) is 13.0 Å². The van der Waals surface area contributed by atoms with Crippen LogP contribution in [-0.4, -0.2) is 11.9 Å². The summed E-state index contributed by atoms with van der Waals surface area (Å²) in [5.74, 6) is 0. The zero-order chi connectivity index (χ0) is 6.41. The molecule has 0 heterocycles. The van der Waals surface area contributed by atoms with Crippen molar-refractivity contribution in [1.82, 2.24) is 0 Å². The predicted molar refractivity (Wildman–Crippen MR) is 36.7 cm³/mol. The lowest BCUT2D eigenvalue weighted by Crippen LogP contribution is -1.85. The molecule has 0 amide bonds. The van der Waals surface area contributed by atoms with Crippen LogP contribution >= 0.6 is 0 Å². The van der Waals surface area contributed by atoms with E-state index >= 15 is 0 Å². The third-order valence-electron chi connectivity index (χ3n) is 0.503. The monoisotopic (exact) mass is 110 g/mol. The van der Waals surface area contributed by atoms with Gasteiger partial charge in [0.2, 0.25) is 0 Å². The van der Waals surface area contributed by atoms with Crippen molar-refractivity contribution in [2.75, 3.05) is 0 Å². The summed E-state index contributed by atoms with van der Waals surface area (Å²) in [4.78, 5) is 3.76. The Morgan fingerprint density at radius 2 is 2.25 bits per heavy atom. The van der Waals surface area contributed by atoms with Crippen molar-refractivity contribution < 1.29 is 0 Å². The molecule has 0 unspecified atom stereocenters. The van der Waals surface area contributed by atoms with Gasteiger partial charge < -0.3 is 5.41 Å². The molecule has 0 aromatic heterocycles. The minimum absolute atomic E-state index is 0.475. The van der Waals surface area contributed by atoms with Gasteiger partial charge in [0.15, 0.2) is 0 Å². The first kappa shape index (κ1) is 7.08. The first-order valence-electron chi connectivity index (χ1n) is 2.47. The van der Waals surface area contributed by atoms with Crippen molar-refractivity contribution in [3.8, 4) is 0 Å². The molecule has 0 aliphatic rings. The average Bonchev–Trinajstić information content (AvgIpc) is 1.66. The lowest BCUT2D eigenvalue weighted by Gasteiger charge is -1.76. The molecule has 0 aromatic carbocycles. The summed E-state index contributed by atoms with van der Waals surface area (Å²) in [6.07, 6.45) is 4.97. The van der Waals surface area contributed by atoms with Gasteiger partial charge in [-0.25, -0.2) is 0 Å². The molecule has 0 aliphatic heterocycles. The van der Waals surface area contributed by atoms with E-state index in [0.29, 0.717) is 5.71 Å². The number of nitrogens with zero attached hydrogens (tertiary/aromatic N) is 1. The maximum absolute atomic E-state index is 6.89. The highest BCUT2D eigenvalue weighted by molar-refractivity contribution is 6.27. The molecule has 0 bridgehead atoms. The Morgan fingerprint density at radius 3 is 2.62 bits per heavy atom. The van der Waals surface area contributed by atoms with Crippen LogP contribution in [0.1, 0.15) is 13.8 Å². The molecule has 0 saturated heterocycles. The third-order valence-corrected chi connectivity index (χ3v) is 0.503. The molecule has 2 heteroatoms. The van der Waals surface area contributed by atoms with E-state index < -0.39 is 0 Å². The van der Waals surface area contributed by atoms with E-state index in [1.165, 1.54) is 6.21 Å². The summed E-state index contributed by atoms with van der Waals surface area (Å²) in [6, 6.07) is 0. The van der Waals surface area contributed by atoms with E-state index in [9.17, 15) is 0 Å². The number of rotatable bonds is 2. The molecule has 1 N–H and O–H groups in total. The van der Waals surface area contributed by atoms with Gasteiger partial charge in [0, 0.05) is 18.1 Å². The van der Waals surface area contributed by atoms with Crippen LogP contribution in [0.3, 0.4) is 0 Å². The standard InChI is InChI=1S/C6H10N2/c1-3-4-8-5-6(2)7/h3-5,7H,1-2H3/b4-3-,7-6?,8-5-. The molecule has 0 spiro atoms. The van der Waals surface area contributed by atoms with Crippen LogP contribution in [0, 0.1) is 5.41 Å². The Balaban J connectivity index is 3.50. The zero-order valence-electron chi connectivity index (χ0n) is 5.18. The Kier molecular flexibility index (Phi) is 3.76. The molecule has 0 atom stereocenters. The minimum atomic E-state index is 0.475. The highest BCUT2D eigenvalue weighted by Crippen LogP contribution is 1.70. The topological polar surface area (TPSA) is 36.2 Å². The fourth-order valence-electron chi connectivity index (χ4n) is 0.241. The highest BCUT2D eigenvalue weighted by atomic mass is 14.7. The van der Waals surface area contributed by atoms with Gasteiger partial charge in [-0.2, -0.15) is 0 Å². The lowest BCUT2D eigenvalue weighted by molar-refractivity contribution is 1.50. The number of hydrogen-bond acceptors (Lipinski definition) is 2. The Morgan fingerprint density at radius 1 is 1.62 bits per heavy atom. The van der Waals surface area contributed by atoms with Crippen molar-refractivity contribution >= 4 is 11.9 Å². The van der Waals surface area contributed by atoms with Gasteiger partial charge in [-0.05, 0) is 13.8 Å². The normalized spacial score (nSPS) is 11.2. The van der Waals surface area contributed by atoms with Crippen LogP contribution in [0.4, 0.5) is 0 Å². The summed E-state index contributed by atoms with van der Waals surface area (Å²) in [5.41, 5.74) is 0.475. The van der Waals surface area contributed by atoms with Crippen LogP contribution in [0.15, 0.2) is 17.3 Å². The van der Waals surface area contributed by atoms with Crippen molar-refractivity contribution in [2.24, 2.45) is 4.99 Å². The van der Waals surface area contributed by atoms with Crippen molar-refractivity contribution in [3.63, 3.8) is 0 Å². The van der Waals surface area contributed by atoms with Crippen molar-refractivity contribution in [2.45, 2.75) is 13.8 Å². The van der Waals surface area contributed by atoms with Crippen LogP contribution in [-0.2, 0) is 0 Å². The van der Waals surface area contributed by atoms with Crippen LogP contribution in [0.25, 0.3) is 0 Å². The number of allylic oxidation sites excluding steroid dienone is 1. The summed E-state index contributed by atoms with van der Waals surface area (Å²) in [7, 11) is 0. The largest absolute Gasteiger partial charge is 0.304 e. The maximum Gasteiger partial charge on any atom is 0.0472 e. The lowest BCUT2D eigenvalue weighted by atomic mass is 10.5. The van der Waals surface area contributed by atoms with Gasteiger partial charge in [-0.1, -0.05) is 6.08 Å². The Bertz CT molecular complexity index is 122. The first-order chi connectivity index (χ1) is 3.77. The van der Waals surface area contributed by atoms with Gasteiger partial charge in [-0.3, -0.25) is 4.99 Å². The summed E-state index contributed by atoms with van der Waals surface area (Å²) in [6.45, 7) is 3.57. The average molecular weight is 110 g/mol. The van der Waals surface area contributed by atoms with Crippen molar-refractivity contribution in [1.29, 1.82) is 5.41 Å². The second-order valence-corrected chi connectivity index (χ2v) is 1.44. The highest BCUT2D eigenvalue weighted by Gasteiger charge is 1.70. The number of aliphatic imine (C=N–C) groups is 1. The molecular formula is C6H10N2. The maximum atomic E-state index is 6.89. The number of nitrogens with one attached hydrogen (secondary N) is 1. The molecule has 0 saturated carbocycles. The molecule has 44 valence electrons. The molecule has 0 fully saturated rings. The minimum Gasteiger partial charge on any atom is -0.304 e. The molecule has 2 nitrogen and oxygen atoms in total. The van der Waals surface area contributed by atoms with Gasteiger partial charge in [0.25, 0.3) is 0 Å².